The predicted octanol–water partition coefficient (Wildman–Crippen LogP) is 5.46. The molecule has 206 valence electrons. The zero-order valence-corrected chi connectivity index (χ0v) is 23.9. The fourth-order valence-corrected chi connectivity index (χ4v) is 7.00. The molecule has 0 spiro atoms. The fraction of sp³-hybridized carbons (Fsp3) is 0.542. The summed E-state index contributed by atoms with van der Waals surface area (Å²) in [6.45, 7) is 12.8. The van der Waals surface area contributed by atoms with E-state index in [0.29, 0.717) is 34.3 Å². The molecule has 4 rings (SSSR count). The summed E-state index contributed by atoms with van der Waals surface area (Å²) in [6.07, 6.45) is 2.37. The molecule has 1 N–H and O–H groups in total. The minimum Gasteiger partial charge on any atom is -0.425 e. The first kappa shape index (κ1) is 28.4. The van der Waals surface area contributed by atoms with Gasteiger partial charge in [-0.05, 0) is 47.6 Å². The van der Waals surface area contributed by atoms with E-state index >= 15 is 0 Å². The molecule has 1 saturated heterocycles. The third-order valence-corrected chi connectivity index (χ3v) is 9.18. The van der Waals surface area contributed by atoms with Crippen LogP contribution in [-0.2, 0) is 13.8 Å². The standard InChI is InChI=1S/C24H33N6O6PS/c1-7-25-13-34-37(29(14(2)3)15(4)5)36-19-11-22(35-16(19)6)28-12-21-23(27-24(28)31)26-18-9-8-17(30(32)33)10-20(18)38-21/h8-10,12-16,19,22H,7,11H2,1-6H3,(H,26,27,31)/t16-,19-,22-,37?/m1/s1. The van der Waals surface area contributed by atoms with E-state index in [9.17, 15) is 14.9 Å². The van der Waals surface area contributed by atoms with Gasteiger partial charge in [-0.25, -0.2) is 9.46 Å². The molecule has 1 unspecified atom stereocenters. The van der Waals surface area contributed by atoms with Gasteiger partial charge >= 0.3 is 14.2 Å². The number of ether oxygens (including phenoxy) is 1. The lowest BCUT2D eigenvalue weighted by Gasteiger charge is -2.36. The van der Waals surface area contributed by atoms with Crippen LogP contribution >= 0.6 is 20.3 Å². The van der Waals surface area contributed by atoms with E-state index in [4.69, 9.17) is 13.8 Å². The lowest BCUT2D eigenvalue weighted by molar-refractivity contribution is -0.385. The maximum atomic E-state index is 13.0. The summed E-state index contributed by atoms with van der Waals surface area (Å²) in [5.41, 5.74) is 0.201. The molecule has 1 aromatic heterocycles. The Morgan fingerprint density at radius 2 is 2.11 bits per heavy atom. The normalized spacial score (nSPS) is 21.6. The minimum absolute atomic E-state index is 0.00439. The third-order valence-electron chi connectivity index (χ3n) is 6.07. The second kappa shape index (κ2) is 12.1. The molecule has 38 heavy (non-hydrogen) atoms. The molecule has 0 radical (unpaired) electrons. The van der Waals surface area contributed by atoms with Crippen molar-refractivity contribution in [2.45, 2.75) is 88.3 Å². The summed E-state index contributed by atoms with van der Waals surface area (Å²) in [5, 5.41) is 14.3. The lowest BCUT2D eigenvalue weighted by Crippen LogP contribution is -2.35. The summed E-state index contributed by atoms with van der Waals surface area (Å²) in [4.78, 5) is 33.5. The van der Waals surface area contributed by atoms with E-state index in [0.717, 1.165) is 0 Å². The molecule has 1 fully saturated rings. The van der Waals surface area contributed by atoms with Gasteiger partial charge in [0, 0.05) is 48.3 Å². The molecule has 0 bridgehead atoms. The smallest absolute Gasteiger partial charge is 0.351 e. The molecule has 0 aliphatic carbocycles. The van der Waals surface area contributed by atoms with Crippen LogP contribution in [0.2, 0.25) is 0 Å². The molecule has 12 nitrogen and oxygen atoms in total. The van der Waals surface area contributed by atoms with Gasteiger partial charge in [0.1, 0.15) is 6.23 Å². The Morgan fingerprint density at radius 1 is 1.37 bits per heavy atom. The zero-order valence-electron chi connectivity index (χ0n) is 22.2. The number of aromatic nitrogens is 2. The van der Waals surface area contributed by atoms with Gasteiger partial charge in [-0.2, -0.15) is 4.98 Å². The predicted molar refractivity (Wildman–Crippen MR) is 147 cm³/mol. The number of hydrogen-bond acceptors (Lipinski definition) is 11. The highest BCUT2D eigenvalue weighted by molar-refractivity contribution is 7.99. The number of nitro groups is 1. The molecule has 0 saturated carbocycles. The Morgan fingerprint density at radius 3 is 2.76 bits per heavy atom. The molecule has 2 aromatic rings. The molecule has 2 aliphatic rings. The topological polar surface area (TPSA) is 133 Å². The molecule has 2 aliphatic heterocycles. The van der Waals surface area contributed by atoms with Crippen molar-refractivity contribution in [2.75, 3.05) is 11.9 Å². The fourth-order valence-electron chi connectivity index (χ4n) is 4.34. The van der Waals surface area contributed by atoms with E-state index < -0.39 is 25.4 Å². The first-order valence-corrected chi connectivity index (χ1v) is 14.5. The van der Waals surface area contributed by atoms with Crippen molar-refractivity contribution < 1.29 is 18.7 Å². The van der Waals surface area contributed by atoms with Gasteiger partial charge < -0.3 is 19.1 Å². The van der Waals surface area contributed by atoms with Crippen LogP contribution in [0.25, 0.3) is 0 Å². The summed E-state index contributed by atoms with van der Waals surface area (Å²) < 4.78 is 22.2. The Bertz CT molecular complexity index is 1250. The average Bonchev–Trinajstić information content (AvgIpc) is 3.21. The minimum atomic E-state index is -1.46. The van der Waals surface area contributed by atoms with Crippen molar-refractivity contribution in [1.82, 2.24) is 14.2 Å². The first-order valence-electron chi connectivity index (χ1n) is 12.5. The number of benzene rings is 1. The number of rotatable bonds is 10. The number of nitrogens with zero attached hydrogens (tertiary/aromatic N) is 5. The maximum absolute atomic E-state index is 13.0. The molecular weight excluding hydrogens is 531 g/mol. The van der Waals surface area contributed by atoms with E-state index in [-0.39, 0.29) is 30.0 Å². The number of fused-ring (bicyclic) bond motifs is 2. The SMILES string of the molecule is CCN=COP(O[C@@H]1C[C@H](n2cc3c(nc2=O)Nc2ccc([N+](=O)[O-])cc2S3)O[C@@H]1C)N(C(C)C)C(C)C. The van der Waals surface area contributed by atoms with E-state index in [1.807, 2.05) is 13.8 Å². The quantitative estimate of drug-likeness (QED) is 0.111. The Kier molecular flexibility index (Phi) is 9.04. The molecule has 4 atom stereocenters. The van der Waals surface area contributed by atoms with E-state index in [1.54, 1.807) is 12.3 Å². The largest absolute Gasteiger partial charge is 0.425 e. The average molecular weight is 565 g/mol. The van der Waals surface area contributed by atoms with Gasteiger partial charge in [-0.15, -0.1) is 0 Å². The van der Waals surface area contributed by atoms with Crippen LogP contribution in [0.1, 0.15) is 54.2 Å². The molecule has 14 heteroatoms. The second-order valence-corrected chi connectivity index (χ2v) is 11.9. The van der Waals surface area contributed by atoms with E-state index in [1.165, 1.54) is 34.9 Å². The van der Waals surface area contributed by atoms with Crippen molar-refractivity contribution in [1.29, 1.82) is 0 Å². The van der Waals surface area contributed by atoms with Crippen molar-refractivity contribution in [2.24, 2.45) is 4.99 Å². The van der Waals surface area contributed by atoms with Crippen molar-refractivity contribution >= 4 is 43.9 Å². The molecule has 1 aromatic carbocycles. The van der Waals surface area contributed by atoms with E-state index in [2.05, 4.69) is 47.7 Å². The molecule has 0 amide bonds. The molecular formula is C24H33N6O6PS. The summed E-state index contributed by atoms with van der Waals surface area (Å²) >= 11 is 1.32. The number of aliphatic imine (C=N–C) groups is 1. The third kappa shape index (κ3) is 6.18. The van der Waals surface area contributed by atoms with Gasteiger partial charge in [0.25, 0.3) is 5.69 Å². The Balaban J connectivity index is 1.54. The van der Waals surface area contributed by atoms with Crippen LogP contribution in [0, 0.1) is 10.1 Å². The van der Waals surface area contributed by atoms with Gasteiger partial charge in [0.2, 0.25) is 0 Å². The van der Waals surface area contributed by atoms with Gasteiger partial charge in [0.15, 0.2) is 12.2 Å². The summed E-state index contributed by atoms with van der Waals surface area (Å²) in [6, 6.07) is 4.89. The first-order chi connectivity index (χ1) is 18.1. The Hall–Kier alpha value is -2.57. The Labute approximate surface area is 226 Å². The number of nitrogens with one attached hydrogen (secondary N) is 1. The van der Waals surface area contributed by atoms with Gasteiger partial charge in [-0.1, -0.05) is 11.8 Å². The second-order valence-electron chi connectivity index (χ2n) is 9.50. The highest BCUT2D eigenvalue weighted by atomic mass is 32.2. The van der Waals surface area contributed by atoms with Crippen LogP contribution in [0.15, 0.2) is 44.0 Å². The lowest BCUT2D eigenvalue weighted by atomic mass is 10.2. The monoisotopic (exact) mass is 564 g/mol. The van der Waals surface area contributed by atoms with Gasteiger partial charge in [0.05, 0.1) is 27.7 Å². The highest BCUT2D eigenvalue weighted by Crippen LogP contribution is 2.50. The van der Waals surface area contributed by atoms with Crippen LogP contribution in [0.3, 0.4) is 0 Å². The van der Waals surface area contributed by atoms with Crippen LogP contribution < -0.4 is 11.0 Å². The van der Waals surface area contributed by atoms with Crippen LogP contribution in [0.4, 0.5) is 17.2 Å². The van der Waals surface area contributed by atoms with Crippen molar-refractivity contribution in [3.05, 3.63) is 45.0 Å². The zero-order chi connectivity index (χ0) is 27.6. The van der Waals surface area contributed by atoms with Crippen LogP contribution in [-0.4, -0.2) is 56.4 Å². The highest BCUT2D eigenvalue weighted by Gasteiger charge is 2.40. The number of anilines is 2. The summed E-state index contributed by atoms with van der Waals surface area (Å²) in [5.74, 6) is 0.410. The molecule has 3 heterocycles. The number of hydrogen-bond donors (Lipinski definition) is 1. The van der Waals surface area contributed by atoms with Gasteiger partial charge in [-0.3, -0.25) is 19.7 Å². The summed E-state index contributed by atoms with van der Waals surface area (Å²) in [7, 11) is -1.46. The maximum Gasteiger partial charge on any atom is 0.351 e. The van der Waals surface area contributed by atoms with Crippen molar-refractivity contribution in [3.8, 4) is 0 Å². The van der Waals surface area contributed by atoms with Crippen molar-refractivity contribution in [3.63, 3.8) is 0 Å². The number of nitro benzene ring substituents is 1. The van der Waals surface area contributed by atoms with Crippen LogP contribution in [0.5, 0.6) is 0 Å². The number of non-ortho nitro benzene ring substituents is 1.